The van der Waals surface area contributed by atoms with E-state index in [1.807, 2.05) is 0 Å². The number of benzene rings is 5. The molecule has 12 rings (SSSR count). The van der Waals surface area contributed by atoms with Gasteiger partial charge in [-0.2, -0.15) is 0 Å². The predicted molar refractivity (Wildman–Crippen MR) is 249 cm³/mol. The molecular weight excluding hydrogens is 729 g/mol. The standard InChI is InChI=1S/C57H48N2O/c1-57(2)49-21-11-9-18-44(49)45-33-28-40(36-50(45)57)39-26-31-43(32-27-39)58(42-29-24-38(25-30-42)37-14-5-3-6-15-37)53-23-13-20-46-47-34-35-52-54(56(47)60-55(46)53)48-19-10-12-22-51(48)59(52)41-16-7-4-8-17-41/h3-11,13-14,16-21,23-29,31-37,42,46,55H,12,15,22,30H2,1-2H3. The van der Waals surface area contributed by atoms with Crippen molar-refractivity contribution in [2.24, 2.45) is 5.92 Å². The van der Waals surface area contributed by atoms with Gasteiger partial charge in [-0.05, 0) is 107 Å². The minimum atomic E-state index is -0.149. The van der Waals surface area contributed by atoms with Crippen molar-refractivity contribution in [2.45, 2.75) is 63.0 Å². The van der Waals surface area contributed by atoms with E-state index in [2.05, 4.69) is 205 Å². The number of hydrogen-bond donors (Lipinski definition) is 0. The lowest BCUT2D eigenvalue weighted by Crippen LogP contribution is -2.41. The van der Waals surface area contributed by atoms with Gasteiger partial charge < -0.3 is 14.2 Å². The van der Waals surface area contributed by atoms with Crippen LogP contribution in [0.2, 0.25) is 0 Å². The molecule has 3 nitrogen and oxygen atoms in total. The summed E-state index contributed by atoms with van der Waals surface area (Å²) in [5, 5.41) is 1.24. The van der Waals surface area contributed by atoms with Gasteiger partial charge in [0.05, 0.1) is 17.3 Å². The van der Waals surface area contributed by atoms with Gasteiger partial charge in [-0.25, -0.2) is 0 Å². The number of anilines is 1. The number of ether oxygens (including phenoxy) is 1. The monoisotopic (exact) mass is 776 g/mol. The molecule has 2 heterocycles. The van der Waals surface area contributed by atoms with Crippen LogP contribution >= 0.6 is 0 Å². The zero-order valence-electron chi connectivity index (χ0n) is 34.3. The second-order valence-corrected chi connectivity index (χ2v) is 17.8. The average Bonchev–Trinajstić information content (AvgIpc) is 3.93. The van der Waals surface area contributed by atoms with Gasteiger partial charge in [0, 0.05) is 50.8 Å². The van der Waals surface area contributed by atoms with Crippen LogP contribution in [0, 0.1) is 5.92 Å². The highest BCUT2D eigenvalue weighted by Crippen LogP contribution is 2.52. The minimum absolute atomic E-state index is 0.0379. The molecule has 292 valence electrons. The maximum Gasteiger partial charge on any atom is 0.149 e. The third-order valence-corrected chi connectivity index (χ3v) is 14.1. The number of nitrogens with zero attached hydrogens (tertiary/aromatic N) is 2. The fourth-order valence-electron chi connectivity index (χ4n) is 11.1. The molecule has 5 aromatic carbocycles. The third-order valence-electron chi connectivity index (χ3n) is 14.1. The van der Waals surface area contributed by atoms with Gasteiger partial charge in [0.1, 0.15) is 11.9 Å². The Morgan fingerprint density at radius 3 is 2.38 bits per heavy atom. The van der Waals surface area contributed by atoms with Crippen LogP contribution in [0.5, 0.6) is 5.75 Å². The first-order valence-electron chi connectivity index (χ1n) is 21.9. The van der Waals surface area contributed by atoms with E-state index in [0.29, 0.717) is 5.92 Å². The van der Waals surface area contributed by atoms with Crippen molar-refractivity contribution in [2.75, 3.05) is 4.90 Å². The van der Waals surface area contributed by atoms with Crippen LogP contribution in [0.4, 0.5) is 5.69 Å². The molecule has 0 saturated heterocycles. The van der Waals surface area contributed by atoms with Gasteiger partial charge in [-0.15, -0.1) is 0 Å². The van der Waals surface area contributed by atoms with Crippen molar-refractivity contribution in [3.8, 4) is 33.7 Å². The first kappa shape index (κ1) is 35.4. The van der Waals surface area contributed by atoms with Crippen molar-refractivity contribution >= 4 is 22.7 Å². The van der Waals surface area contributed by atoms with Crippen LogP contribution in [-0.2, 0) is 11.8 Å². The van der Waals surface area contributed by atoms with Gasteiger partial charge in [0.2, 0.25) is 0 Å². The molecule has 6 aromatic rings. The molecule has 5 aliphatic carbocycles. The normalized spacial score (nSPS) is 22.4. The predicted octanol–water partition coefficient (Wildman–Crippen LogP) is 13.8. The molecule has 0 amide bonds. The van der Waals surface area contributed by atoms with Gasteiger partial charge in [0.25, 0.3) is 0 Å². The molecule has 6 aliphatic rings. The van der Waals surface area contributed by atoms with E-state index in [1.54, 1.807) is 0 Å². The zero-order chi connectivity index (χ0) is 40.0. The van der Waals surface area contributed by atoms with Crippen LogP contribution in [-0.4, -0.2) is 16.7 Å². The second-order valence-electron chi connectivity index (χ2n) is 17.8. The van der Waals surface area contributed by atoms with Crippen LogP contribution < -0.4 is 9.64 Å². The summed E-state index contributed by atoms with van der Waals surface area (Å²) in [4.78, 5) is 2.57. The highest BCUT2D eigenvalue weighted by molar-refractivity contribution is 5.99. The van der Waals surface area contributed by atoms with Crippen LogP contribution in [0.3, 0.4) is 0 Å². The quantitative estimate of drug-likeness (QED) is 0.168. The van der Waals surface area contributed by atoms with Crippen molar-refractivity contribution in [1.29, 1.82) is 0 Å². The lowest BCUT2D eigenvalue weighted by atomic mass is 9.81. The van der Waals surface area contributed by atoms with E-state index in [0.717, 1.165) is 31.4 Å². The molecule has 60 heavy (non-hydrogen) atoms. The van der Waals surface area contributed by atoms with E-state index in [1.165, 1.54) is 83.7 Å². The molecule has 4 atom stereocenters. The molecule has 0 radical (unpaired) electrons. The lowest BCUT2D eigenvalue weighted by molar-refractivity contribution is 0.252. The number of aromatic nitrogens is 1. The molecule has 0 N–H and O–H groups in total. The molecule has 1 aromatic heterocycles. The summed E-state index contributed by atoms with van der Waals surface area (Å²) in [5.74, 6) is 1.59. The molecular formula is C57H48N2O. The number of allylic oxidation sites excluding steroid dienone is 9. The Hall–Kier alpha value is -6.58. The second kappa shape index (κ2) is 13.7. The fourth-order valence-corrected chi connectivity index (χ4v) is 11.1. The Balaban J connectivity index is 0.926. The smallest absolute Gasteiger partial charge is 0.149 e. The Labute approximate surface area is 353 Å². The van der Waals surface area contributed by atoms with Crippen molar-refractivity contribution in [3.05, 3.63) is 215 Å². The number of rotatable bonds is 6. The molecule has 1 aliphatic heterocycles. The summed E-state index contributed by atoms with van der Waals surface area (Å²) < 4.78 is 9.85. The highest BCUT2D eigenvalue weighted by atomic mass is 16.5. The Kier molecular flexibility index (Phi) is 8.10. The van der Waals surface area contributed by atoms with Gasteiger partial charge >= 0.3 is 0 Å². The topological polar surface area (TPSA) is 17.4 Å². The van der Waals surface area contributed by atoms with E-state index < -0.39 is 0 Å². The SMILES string of the molecule is CC1(C)c2ccccc2-c2ccc(-c3ccc(N(C4=CC=CC5c6ccc7c(c8c(n7-c7ccccc7)CCC=C8)c6OC45)C4C=CC(C5C=CC=CC5)=CC4)cc3)cc21. The van der Waals surface area contributed by atoms with Gasteiger partial charge in [-0.3, -0.25) is 0 Å². The molecule has 3 heteroatoms. The van der Waals surface area contributed by atoms with Crippen LogP contribution in [0.25, 0.3) is 44.9 Å². The van der Waals surface area contributed by atoms with Crippen molar-refractivity contribution in [3.63, 3.8) is 0 Å². The summed E-state index contributed by atoms with van der Waals surface area (Å²) in [7, 11) is 0. The summed E-state index contributed by atoms with van der Waals surface area (Å²) in [6, 6.07) is 40.9. The average molecular weight is 777 g/mol. The van der Waals surface area contributed by atoms with Crippen LogP contribution in [0.15, 0.2) is 187 Å². The van der Waals surface area contributed by atoms with E-state index in [4.69, 9.17) is 4.74 Å². The maximum atomic E-state index is 7.38. The zero-order valence-corrected chi connectivity index (χ0v) is 34.3. The van der Waals surface area contributed by atoms with Gasteiger partial charge in [-0.1, -0.05) is 153 Å². The molecule has 0 saturated carbocycles. The first-order chi connectivity index (χ1) is 29.5. The van der Waals surface area contributed by atoms with E-state index in [-0.39, 0.29) is 23.5 Å². The fraction of sp³-hybridized carbons (Fsp3) is 0.193. The summed E-state index contributed by atoms with van der Waals surface area (Å²) >= 11 is 0. The Morgan fingerprint density at radius 1 is 0.717 bits per heavy atom. The van der Waals surface area contributed by atoms with E-state index in [9.17, 15) is 0 Å². The summed E-state index contributed by atoms with van der Waals surface area (Å²) in [6.45, 7) is 4.72. The van der Waals surface area contributed by atoms with Crippen molar-refractivity contribution < 1.29 is 4.74 Å². The molecule has 0 fully saturated rings. The lowest BCUT2D eigenvalue weighted by Gasteiger charge is -2.39. The first-order valence-corrected chi connectivity index (χ1v) is 21.9. The highest BCUT2D eigenvalue weighted by Gasteiger charge is 2.42. The Morgan fingerprint density at radius 2 is 1.55 bits per heavy atom. The molecule has 0 spiro atoms. The number of fused-ring (bicyclic) bond motifs is 10. The maximum absolute atomic E-state index is 7.38. The Bertz CT molecular complexity index is 2940. The van der Waals surface area contributed by atoms with Crippen molar-refractivity contribution in [1.82, 2.24) is 4.57 Å². The molecule has 0 bridgehead atoms. The summed E-state index contributed by atoms with van der Waals surface area (Å²) in [6.07, 6.45) is 31.8. The largest absolute Gasteiger partial charge is 0.482 e. The third kappa shape index (κ3) is 5.41. The molecule has 4 unspecified atom stereocenters. The van der Waals surface area contributed by atoms with Gasteiger partial charge in [0.15, 0.2) is 0 Å². The van der Waals surface area contributed by atoms with Crippen LogP contribution in [0.1, 0.15) is 67.0 Å². The minimum Gasteiger partial charge on any atom is -0.482 e. The summed E-state index contributed by atoms with van der Waals surface area (Å²) in [5.41, 5.74) is 18.1. The van der Waals surface area contributed by atoms with E-state index >= 15 is 0 Å². The number of para-hydroxylation sites is 1. The number of hydrogen-bond acceptors (Lipinski definition) is 2.